The molecule has 2 aromatic carbocycles. The number of hydrogen-bond donors (Lipinski definition) is 3. The van der Waals surface area contributed by atoms with Gasteiger partial charge in [-0.25, -0.2) is 19.2 Å². The molecule has 1 amide bonds. The normalized spacial score (nSPS) is 18.2. The fourth-order valence-electron chi connectivity index (χ4n) is 4.26. The number of ether oxygens (including phenoxy) is 3. The fourth-order valence-corrected chi connectivity index (χ4v) is 4.43. The molecule has 3 aromatic rings. The van der Waals surface area contributed by atoms with E-state index in [1.54, 1.807) is 30.1 Å². The lowest BCUT2D eigenvalue weighted by Crippen LogP contribution is -2.50. The van der Waals surface area contributed by atoms with Crippen molar-refractivity contribution in [3.63, 3.8) is 0 Å². The number of aliphatic hydroxyl groups excluding tert-OH is 1. The molecule has 0 unspecified atom stereocenters. The predicted octanol–water partition coefficient (Wildman–Crippen LogP) is 2.28. The highest BCUT2D eigenvalue weighted by Crippen LogP contribution is 2.37. The highest BCUT2D eigenvalue weighted by Gasteiger charge is 2.37. The largest absolute Gasteiger partial charge is 0.493 e. The van der Waals surface area contributed by atoms with E-state index in [4.69, 9.17) is 21.1 Å². The van der Waals surface area contributed by atoms with Gasteiger partial charge in [0.05, 0.1) is 43.1 Å². The molecular formula is C25H27ClFN5O6. The zero-order chi connectivity index (χ0) is 27.4. The molecule has 1 fully saturated rings. The number of anilines is 2. The first-order valence-corrected chi connectivity index (χ1v) is 12.0. The first-order valence-electron chi connectivity index (χ1n) is 11.6. The Morgan fingerprint density at radius 1 is 1.26 bits per heavy atom. The molecule has 1 saturated heterocycles. The zero-order valence-electron chi connectivity index (χ0n) is 20.9. The van der Waals surface area contributed by atoms with E-state index in [-0.39, 0.29) is 10.7 Å². The van der Waals surface area contributed by atoms with E-state index in [1.807, 2.05) is 0 Å². The van der Waals surface area contributed by atoms with Gasteiger partial charge in [0.1, 0.15) is 18.2 Å². The Morgan fingerprint density at radius 2 is 2.05 bits per heavy atom. The number of aliphatic hydroxyl groups is 1. The van der Waals surface area contributed by atoms with Crippen molar-refractivity contribution in [1.29, 1.82) is 0 Å². The Morgan fingerprint density at radius 3 is 2.76 bits per heavy atom. The number of halogens is 2. The maximum absolute atomic E-state index is 14.5. The topological polar surface area (TPSA) is 135 Å². The molecule has 11 nitrogen and oxygen atoms in total. The van der Waals surface area contributed by atoms with Crippen LogP contribution >= 0.6 is 11.6 Å². The number of carbonyl (C=O) groups is 2. The van der Waals surface area contributed by atoms with Crippen molar-refractivity contribution in [3.8, 4) is 11.5 Å². The number of likely N-dealkylation sites (tertiary alicyclic amines) is 1. The van der Waals surface area contributed by atoms with Crippen LogP contribution in [0.1, 0.15) is 6.42 Å². The van der Waals surface area contributed by atoms with Gasteiger partial charge in [0.15, 0.2) is 23.4 Å². The summed E-state index contributed by atoms with van der Waals surface area (Å²) in [5.74, 6) is -0.650. The molecule has 0 bridgehead atoms. The molecule has 3 N–H and O–H groups in total. The molecule has 1 aromatic heterocycles. The lowest BCUT2D eigenvalue weighted by molar-refractivity contribution is -0.146. The molecular weight excluding hydrogens is 521 g/mol. The van der Waals surface area contributed by atoms with E-state index < -0.39 is 42.5 Å². The molecule has 0 saturated carbocycles. The van der Waals surface area contributed by atoms with Gasteiger partial charge in [-0.15, -0.1) is 0 Å². The van der Waals surface area contributed by atoms with Crippen LogP contribution in [0.2, 0.25) is 5.02 Å². The number of hydrogen-bond acceptors (Lipinski definition) is 10. The van der Waals surface area contributed by atoms with Crippen LogP contribution in [-0.2, 0) is 14.3 Å². The van der Waals surface area contributed by atoms with Crippen LogP contribution in [0.5, 0.6) is 11.5 Å². The van der Waals surface area contributed by atoms with E-state index in [0.717, 1.165) is 0 Å². The number of benzene rings is 2. The smallest absolute Gasteiger partial charge is 0.330 e. The van der Waals surface area contributed by atoms with Crippen molar-refractivity contribution in [3.05, 3.63) is 47.5 Å². The van der Waals surface area contributed by atoms with E-state index >= 15 is 0 Å². The summed E-state index contributed by atoms with van der Waals surface area (Å²) in [6, 6.07) is 6.21. The Labute approximate surface area is 222 Å². The molecule has 13 heteroatoms. The van der Waals surface area contributed by atoms with Gasteiger partial charge in [-0.1, -0.05) is 17.7 Å². The highest BCUT2D eigenvalue weighted by atomic mass is 35.5. The molecule has 0 aliphatic carbocycles. The Kier molecular flexibility index (Phi) is 8.45. The number of amides is 1. The molecule has 4 rings (SSSR count). The molecule has 0 radical (unpaired) electrons. The summed E-state index contributed by atoms with van der Waals surface area (Å²) in [7, 11) is 4.43. The van der Waals surface area contributed by atoms with Crippen molar-refractivity contribution in [2.24, 2.45) is 0 Å². The number of rotatable bonds is 9. The van der Waals surface area contributed by atoms with Gasteiger partial charge in [-0.05, 0) is 25.2 Å². The maximum atomic E-state index is 14.5. The second-order valence-corrected chi connectivity index (χ2v) is 9.07. The summed E-state index contributed by atoms with van der Waals surface area (Å²) in [6.45, 7) is -0.175. The first-order chi connectivity index (χ1) is 18.2. The van der Waals surface area contributed by atoms with Crippen molar-refractivity contribution in [1.82, 2.24) is 20.2 Å². The molecule has 38 heavy (non-hydrogen) atoms. The quantitative estimate of drug-likeness (QED) is 0.342. The van der Waals surface area contributed by atoms with E-state index in [9.17, 15) is 19.1 Å². The lowest BCUT2D eigenvalue weighted by atomic mass is 10.1. The van der Waals surface area contributed by atoms with Crippen molar-refractivity contribution >= 4 is 45.9 Å². The molecule has 202 valence electrons. The first kappa shape index (κ1) is 27.3. The summed E-state index contributed by atoms with van der Waals surface area (Å²) < 4.78 is 30.9. The SMILES string of the molecule is COC(=O)[C@H](CO)NC(=O)[C@H]1C[C@H](Oc2cc3c(Nc4cccc(Cl)c4F)ncnc3cc2OC)CN1C. The van der Waals surface area contributed by atoms with Crippen molar-refractivity contribution < 1.29 is 33.3 Å². The summed E-state index contributed by atoms with van der Waals surface area (Å²) in [5, 5.41) is 15.4. The van der Waals surface area contributed by atoms with Gasteiger partial charge in [0.2, 0.25) is 5.91 Å². The standard InChI is InChI=1S/C25H27ClFN5O6/c1-32-10-13(7-19(32)24(34)31-18(11-33)25(35)37-3)38-21-8-14-17(9-20(21)36-2)28-12-29-23(14)30-16-6-4-5-15(26)22(16)27/h4-6,8-9,12-13,18-19,33H,7,10-11H2,1-3H3,(H,31,34)(H,28,29,30)/t13-,18-,19+/m0/s1. The Hall–Kier alpha value is -3.74. The lowest BCUT2D eigenvalue weighted by Gasteiger charge is -2.21. The van der Waals surface area contributed by atoms with E-state index in [2.05, 4.69) is 25.3 Å². The minimum Gasteiger partial charge on any atom is -0.493 e. The van der Waals surface area contributed by atoms with Crippen LogP contribution in [0.4, 0.5) is 15.9 Å². The van der Waals surface area contributed by atoms with Crippen LogP contribution in [-0.4, -0.2) is 84.5 Å². The highest BCUT2D eigenvalue weighted by molar-refractivity contribution is 6.31. The average Bonchev–Trinajstić information content (AvgIpc) is 3.29. The van der Waals surface area contributed by atoms with Gasteiger partial charge >= 0.3 is 5.97 Å². The van der Waals surface area contributed by atoms with Gasteiger partial charge in [0.25, 0.3) is 0 Å². The molecule has 0 spiro atoms. The number of nitrogens with one attached hydrogen (secondary N) is 2. The molecule has 2 heterocycles. The van der Waals surface area contributed by atoms with Crippen LogP contribution in [0, 0.1) is 5.82 Å². The third-order valence-electron chi connectivity index (χ3n) is 6.22. The fraction of sp³-hybridized carbons (Fsp3) is 0.360. The summed E-state index contributed by atoms with van der Waals surface area (Å²) >= 11 is 5.91. The molecule has 3 atom stereocenters. The van der Waals surface area contributed by atoms with E-state index in [0.29, 0.717) is 41.2 Å². The average molecular weight is 548 g/mol. The van der Waals surface area contributed by atoms with Gasteiger partial charge < -0.3 is 30.0 Å². The van der Waals surface area contributed by atoms with Gasteiger partial charge in [0, 0.05) is 24.4 Å². The van der Waals surface area contributed by atoms with Gasteiger partial charge in [-0.2, -0.15) is 0 Å². The summed E-state index contributed by atoms with van der Waals surface area (Å²) in [6.07, 6.45) is 1.25. The van der Waals surface area contributed by atoms with Gasteiger partial charge in [-0.3, -0.25) is 9.69 Å². The number of aromatic nitrogens is 2. The third-order valence-corrected chi connectivity index (χ3v) is 6.51. The predicted molar refractivity (Wildman–Crippen MR) is 137 cm³/mol. The second-order valence-electron chi connectivity index (χ2n) is 8.67. The summed E-state index contributed by atoms with van der Waals surface area (Å²) in [5.41, 5.74) is 0.683. The van der Waals surface area contributed by atoms with Crippen molar-refractivity contribution in [2.45, 2.75) is 24.6 Å². The van der Waals surface area contributed by atoms with E-state index in [1.165, 1.54) is 32.7 Å². The number of fused-ring (bicyclic) bond motifs is 1. The Bertz CT molecular complexity index is 1350. The minimum atomic E-state index is -1.16. The second kappa shape index (κ2) is 11.8. The molecule has 1 aliphatic rings. The monoisotopic (exact) mass is 547 g/mol. The number of carbonyl (C=O) groups excluding carboxylic acids is 2. The number of methoxy groups -OCH3 is 2. The molecule has 1 aliphatic heterocycles. The van der Waals surface area contributed by atoms with Crippen LogP contribution < -0.4 is 20.1 Å². The number of nitrogens with zero attached hydrogens (tertiary/aromatic N) is 3. The van der Waals surface area contributed by atoms with Crippen LogP contribution in [0.3, 0.4) is 0 Å². The third kappa shape index (κ3) is 5.72. The number of esters is 1. The zero-order valence-corrected chi connectivity index (χ0v) is 21.7. The Balaban J connectivity index is 1.56. The maximum Gasteiger partial charge on any atom is 0.330 e. The van der Waals surface area contributed by atoms with Crippen molar-refractivity contribution in [2.75, 3.05) is 39.7 Å². The van der Waals surface area contributed by atoms with Crippen LogP contribution in [0.15, 0.2) is 36.7 Å². The summed E-state index contributed by atoms with van der Waals surface area (Å²) in [4.78, 5) is 34.9. The number of likely N-dealkylation sites (N-methyl/N-ethyl adjacent to an activating group) is 1. The minimum absolute atomic E-state index is 0.0279. The van der Waals surface area contributed by atoms with Crippen LogP contribution in [0.25, 0.3) is 10.9 Å².